The molecule has 17 heavy (non-hydrogen) atoms. The van der Waals surface area contributed by atoms with Crippen LogP contribution in [0.15, 0.2) is 0 Å². The van der Waals surface area contributed by atoms with E-state index in [0.29, 0.717) is 0 Å². The fourth-order valence-electron chi connectivity index (χ4n) is 1.62. The first kappa shape index (κ1) is 17.6. The zero-order chi connectivity index (χ0) is 13.0. The number of hydrogen-bond acceptors (Lipinski definition) is 4. The second-order valence-corrected chi connectivity index (χ2v) is 9.01. The SMILES string of the molecule is CCC[NH][Ti]([NH]CCC)([NH]CCC)[NH]CCC. The topological polar surface area (TPSA) is 48.1 Å². The van der Waals surface area contributed by atoms with Crippen molar-refractivity contribution in [1.29, 1.82) is 0 Å². The summed E-state index contributed by atoms with van der Waals surface area (Å²) in [6.45, 7) is 13.2. The molecule has 0 bridgehead atoms. The third-order valence-electron chi connectivity index (χ3n) is 2.56. The van der Waals surface area contributed by atoms with E-state index in [2.05, 4.69) is 42.9 Å². The van der Waals surface area contributed by atoms with Crippen molar-refractivity contribution in [3.8, 4) is 0 Å². The van der Waals surface area contributed by atoms with E-state index in [4.69, 9.17) is 0 Å². The van der Waals surface area contributed by atoms with Crippen LogP contribution < -0.4 is 15.2 Å². The normalized spacial score (nSPS) is 12.0. The number of rotatable bonds is 12. The van der Waals surface area contributed by atoms with E-state index in [1.165, 1.54) is 25.7 Å². The molecule has 0 saturated heterocycles. The summed E-state index contributed by atoms with van der Waals surface area (Å²) in [6, 6.07) is 0. The molecule has 0 fully saturated rings. The first-order valence-corrected chi connectivity index (χ1v) is 10.4. The van der Waals surface area contributed by atoms with Gasteiger partial charge in [-0.1, -0.05) is 0 Å². The Morgan fingerprint density at radius 1 is 0.529 bits per heavy atom. The Morgan fingerprint density at radius 2 is 0.765 bits per heavy atom. The Bertz CT molecular complexity index is 129. The van der Waals surface area contributed by atoms with Gasteiger partial charge in [0.1, 0.15) is 0 Å². The zero-order valence-corrected chi connectivity index (χ0v) is 13.7. The summed E-state index contributed by atoms with van der Waals surface area (Å²) >= 11 is -2.43. The second-order valence-electron chi connectivity index (χ2n) is 4.46. The Morgan fingerprint density at radius 3 is 0.941 bits per heavy atom. The van der Waals surface area contributed by atoms with Crippen LogP contribution in [0.2, 0.25) is 0 Å². The van der Waals surface area contributed by atoms with E-state index >= 15 is 0 Å². The van der Waals surface area contributed by atoms with Crippen molar-refractivity contribution >= 4 is 0 Å². The molecule has 0 aliphatic heterocycles. The van der Waals surface area contributed by atoms with Gasteiger partial charge in [-0.25, -0.2) is 0 Å². The summed E-state index contributed by atoms with van der Waals surface area (Å²) in [5.41, 5.74) is 0. The predicted molar refractivity (Wildman–Crippen MR) is 73.2 cm³/mol. The van der Waals surface area contributed by atoms with Gasteiger partial charge < -0.3 is 0 Å². The average molecular weight is 280 g/mol. The first-order valence-electron chi connectivity index (χ1n) is 7.24. The minimum absolute atomic E-state index is 1.09. The van der Waals surface area contributed by atoms with E-state index in [9.17, 15) is 0 Å². The van der Waals surface area contributed by atoms with Crippen LogP contribution in [0.4, 0.5) is 0 Å². The first-order chi connectivity index (χ1) is 8.24. The van der Waals surface area contributed by atoms with Gasteiger partial charge in [0.05, 0.1) is 0 Å². The molecule has 0 rings (SSSR count). The van der Waals surface area contributed by atoms with Crippen LogP contribution in [0.1, 0.15) is 53.4 Å². The molecule has 0 aliphatic carbocycles. The Labute approximate surface area is 112 Å². The van der Waals surface area contributed by atoms with Crippen molar-refractivity contribution in [3.63, 3.8) is 0 Å². The third kappa shape index (κ3) is 8.30. The Kier molecular flexibility index (Phi) is 12.0. The van der Waals surface area contributed by atoms with Gasteiger partial charge in [0.25, 0.3) is 0 Å². The molecule has 0 heterocycles. The molecule has 0 aromatic rings. The quantitative estimate of drug-likeness (QED) is 0.412. The number of nitrogens with one attached hydrogen (secondary N) is 4. The molecule has 104 valence electrons. The predicted octanol–water partition coefficient (Wildman–Crippen LogP) is 1.80. The van der Waals surface area contributed by atoms with Gasteiger partial charge in [0.2, 0.25) is 0 Å². The van der Waals surface area contributed by atoms with Crippen molar-refractivity contribution in [1.82, 2.24) is 15.2 Å². The van der Waals surface area contributed by atoms with E-state index < -0.39 is 17.6 Å². The molecule has 4 N–H and O–H groups in total. The summed E-state index contributed by atoms with van der Waals surface area (Å²) < 4.78 is 15.0. The summed E-state index contributed by atoms with van der Waals surface area (Å²) in [7, 11) is 0. The van der Waals surface area contributed by atoms with Crippen molar-refractivity contribution < 1.29 is 17.6 Å². The summed E-state index contributed by atoms with van der Waals surface area (Å²) in [5.74, 6) is 0. The third-order valence-corrected chi connectivity index (χ3v) is 7.43. The van der Waals surface area contributed by atoms with Gasteiger partial charge >= 0.3 is 112 Å². The number of hydrogen-bond donors (Lipinski definition) is 4. The fourth-order valence-corrected chi connectivity index (χ4v) is 6.70. The minimum atomic E-state index is -2.43. The molecule has 0 aliphatic rings. The van der Waals surface area contributed by atoms with Crippen LogP contribution >= 0.6 is 0 Å². The summed E-state index contributed by atoms with van der Waals surface area (Å²) in [5, 5.41) is 0. The molecule has 0 aromatic heterocycles. The van der Waals surface area contributed by atoms with E-state index in [-0.39, 0.29) is 0 Å². The van der Waals surface area contributed by atoms with Crippen molar-refractivity contribution in [2.45, 2.75) is 53.4 Å². The van der Waals surface area contributed by atoms with Gasteiger partial charge in [-0.2, -0.15) is 0 Å². The summed E-state index contributed by atoms with van der Waals surface area (Å²) in [6.07, 6.45) is 4.73. The van der Waals surface area contributed by atoms with Crippen LogP contribution in [-0.4, -0.2) is 26.2 Å². The molecule has 5 heteroatoms. The van der Waals surface area contributed by atoms with Crippen molar-refractivity contribution in [2.24, 2.45) is 0 Å². The van der Waals surface area contributed by atoms with E-state index in [0.717, 1.165) is 26.2 Å². The molecule has 0 amide bonds. The molecule has 0 aromatic carbocycles. The second kappa shape index (κ2) is 11.6. The Hall–Kier alpha value is 0.554. The van der Waals surface area contributed by atoms with Gasteiger partial charge in [-0.3, -0.25) is 0 Å². The molecule has 0 unspecified atom stereocenters. The van der Waals surface area contributed by atoms with Crippen LogP contribution in [0, 0.1) is 0 Å². The van der Waals surface area contributed by atoms with E-state index in [1.807, 2.05) is 0 Å². The molecule has 0 atom stereocenters. The monoisotopic (exact) mass is 280 g/mol. The van der Waals surface area contributed by atoms with Crippen molar-refractivity contribution in [3.05, 3.63) is 0 Å². The molecular formula is C12H32N4Ti. The van der Waals surface area contributed by atoms with Crippen molar-refractivity contribution in [2.75, 3.05) is 26.2 Å². The molecule has 0 saturated carbocycles. The fraction of sp³-hybridized carbons (Fsp3) is 1.00. The van der Waals surface area contributed by atoms with Crippen LogP contribution in [0.5, 0.6) is 0 Å². The Balaban J connectivity index is 4.39. The molecular weight excluding hydrogens is 248 g/mol. The van der Waals surface area contributed by atoms with Crippen LogP contribution in [0.25, 0.3) is 0 Å². The standard InChI is InChI=1S/4C3H8N.Ti/c4*1-2-3-4;/h4*4H,2-3H2,1H3;/q4*-1;+4. The molecule has 4 nitrogen and oxygen atoms in total. The van der Waals surface area contributed by atoms with Gasteiger partial charge in [0, 0.05) is 0 Å². The molecule has 0 spiro atoms. The zero-order valence-electron chi connectivity index (χ0n) is 12.2. The molecule has 0 radical (unpaired) electrons. The summed E-state index contributed by atoms with van der Waals surface area (Å²) in [4.78, 5) is 0. The van der Waals surface area contributed by atoms with Crippen LogP contribution in [0.3, 0.4) is 0 Å². The maximum absolute atomic E-state index is 3.74. The van der Waals surface area contributed by atoms with E-state index in [1.54, 1.807) is 0 Å². The van der Waals surface area contributed by atoms with Gasteiger partial charge in [-0.15, -0.1) is 0 Å². The van der Waals surface area contributed by atoms with Gasteiger partial charge in [0.15, 0.2) is 0 Å². The maximum atomic E-state index is 3.74. The van der Waals surface area contributed by atoms with Gasteiger partial charge in [-0.05, 0) is 0 Å². The average Bonchev–Trinajstić information content (AvgIpc) is 2.37. The van der Waals surface area contributed by atoms with Crippen LogP contribution in [-0.2, 0) is 17.6 Å².